The van der Waals surface area contributed by atoms with Crippen LogP contribution in [0.1, 0.15) is 31.4 Å². The lowest BCUT2D eigenvalue weighted by molar-refractivity contribution is -0.227. The van der Waals surface area contributed by atoms with Gasteiger partial charge < -0.3 is 10.1 Å². The SMILES string of the molecule is CC(OC(CNC1CC1)c1ccccc1F)C(F)(F)F. The molecule has 0 saturated heterocycles. The van der Waals surface area contributed by atoms with E-state index < -0.39 is 24.2 Å². The molecule has 0 aromatic heterocycles. The van der Waals surface area contributed by atoms with Gasteiger partial charge in [-0.25, -0.2) is 4.39 Å². The topological polar surface area (TPSA) is 21.3 Å². The van der Waals surface area contributed by atoms with Crippen LogP contribution in [-0.2, 0) is 4.74 Å². The Labute approximate surface area is 115 Å². The summed E-state index contributed by atoms with van der Waals surface area (Å²) in [5.74, 6) is -0.551. The zero-order chi connectivity index (χ0) is 14.8. The third-order valence-corrected chi connectivity index (χ3v) is 3.25. The first-order valence-corrected chi connectivity index (χ1v) is 6.58. The van der Waals surface area contributed by atoms with Crippen LogP contribution in [0.5, 0.6) is 0 Å². The minimum atomic E-state index is -4.46. The van der Waals surface area contributed by atoms with Gasteiger partial charge in [0.15, 0.2) is 6.10 Å². The van der Waals surface area contributed by atoms with E-state index in [1.165, 1.54) is 18.2 Å². The fraction of sp³-hybridized carbons (Fsp3) is 0.571. The van der Waals surface area contributed by atoms with E-state index in [1.54, 1.807) is 6.07 Å². The summed E-state index contributed by atoms with van der Waals surface area (Å²) in [5.41, 5.74) is 0.150. The molecule has 2 rings (SSSR count). The zero-order valence-corrected chi connectivity index (χ0v) is 11.1. The molecule has 6 heteroatoms. The number of halogens is 4. The summed E-state index contributed by atoms with van der Waals surface area (Å²) in [4.78, 5) is 0. The van der Waals surface area contributed by atoms with Crippen LogP contribution in [0.25, 0.3) is 0 Å². The molecule has 0 bridgehead atoms. The predicted octanol–water partition coefficient (Wildman–Crippen LogP) is 3.59. The monoisotopic (exact) mass is 291 g/mol. The molecule has 20 heavy (non-hydrogen) atoms. The Hall–Kier alpha value is -1.14. The maximum atomic E-state index is 13.7. The van der Waals surface area contributed by atoms with Crippen molar-refractivity contribution in [2.24, 2.45) is 0 Å². The summed E-state index contributed by atoms with van der Waals surface area (Å²) in [6.07, 6.45) is -5.35. The lowest BCUT2D eigenvalue weighted by atomic mass is 10.1. The second-order valence-corrected chi connectivity index (χ2v) is 5.01. The summed E-state index contributed by atoms with van der Waals surface area (Å²) >= 11 is 0. The van der Waals surface area contributed by atoms with Crippen molar-refractivity contribution in [2.75, 3.05) is 6.54 Å². The van der Waals surface area contributed by atoms with Gasteiger partial charge in [0, 0.05) is 18.2 Å². The van der Waals surface area contributed by atoms with Crippen molar-refractivity contribution in [1.29, 1.82) is 0 Å². The third kappa shape index (κ3) is 4.18. The van der Waals surface area contributed by atoms with Crippen molar-refractivity contribution in [1.82, 2.24) is 5.32 Å². The minimum absolute atomic E-state index is 0.150. The highest BCUT2D eigenvalue weighted by Crippen LogP contribution is 2.30. The van der Waals surface area contributed by atoms with Crippen LogP contribution < -0.4 is 5.32 Å². The Balaban J connectivity index is 2.09. The van der Waals surface area contributed by atoms with E-state index in [-0.39, 0.29) is 12.1 Å². The first kappa shape index (κ1) is 15.3. The fourth-order valence-electron chi connectivity index (χ4n) is 1.85. The maximum Gasteiger partial charge on any atom is 0.414 e. The van der Waals surface area contributed by atoms with E-state index >= 15 is 0 Å². The Morgan fingerprint density at radius 1 is 1.30 bits per heavy atom. The van der Waals surface area contributed by atoms with Crippen LogP contribution in [0.15, 0.2) is 24.3 Å². The molecule has 1 aliphatic rings. The van der Waals surface area contributed by atoms with E-state index in [1.807, 2.05) is 0 Å². The van der Waals surface area contributed by atoms with Crippen LogP contribution in [0, 0.1) is 5.82 Å². The summed E-state index contributed by atoms with van der Waals surface area (Å²) < 4.78 is 56.6. The Morgan fingerprint density at radius 2 is 1.95 bits per heavy atom. The van der Waals surface area contributed by atoms with E-state index in [0.717, 1.165) is 19.8 Å². The maximum absolute atomic E-state index is 13.7. The van der Waals surface area contributed by atoms with Gasteiger partial charge in [-0.3, -0.25) is 0 Å². The van der Waals surface area contributed by atoms with Crippen molar-refractivity contribution in [2.45, 2.75) is 44.2 Å². The molecule has 1 aromatic rings. The van der Waals surface area contributed by atoms with Crippen LogP contribution in [-0.4, -0.2) is 24.9 Å². The third-order valence-electron chi connectivity index (χ3n) is 3.25. The molecular formula is C14H17F4NO. The molecule has 112 valence electrons. The average Bonchev–Trinajstić information content (AvgIpc) is 3.18. The Bertz CT molecular complexity index is 445. The highest BCUT2D eigenvalue weighted by molar-refractivity contribution is 5.20. The van der Waals surface area contributed by atoms with Gasteiger partial charge in [-0.05, 0) is 25.8 Å². The largest absolute Gasteiger partial charge is 0.414 e. The standard InChI is InChI=1S/C14H17F4NO/c1-9(14(16,17)18)20-13(8-19-10-6-7-10)11-4-2-3-5-12(11)15/h2-5,9-10,13,19H,6-8H2,1H3. The average molecular weight is 291 g/mol. The van der Waals surface area contributed by atoms with Gasteiger partial charge in [-0.15, -0.1) is 0 Å². The zero-order valence-electron chi connectivity index (χ0n) is 11.1. The molecule has 1 aromatic carbocycles. The van der Waals surface area contributed by atoms with Crippen molar-refractivity contribution in [3.63, 3.8) is 0 Å². The van der Waals surface area contributed by atoms with Gasteiger partial charge in [0.2, 0.25) is 0 Å². The van der Waals surface area contributed by atoms with Crippen molar-refractivity contribution >= 4 is 0 Å². The molecular weight excluding hydrogens is 274 g/mol. The Morgan fingerprint density at radius 3 is 2.50 bits per heavy atom. The molecule has 1 aliphatic carbocycles. The van der Waals surface area contributed by atoms with Crippen LogP contribution >= 0.6 is 0 Å². The van der Waals surface area contributed by atoms with Crippen molar-refractivity contribution in [3.05, 3.63) is 35.6 Å². The second-order valence-electron chi connectivity index (χ2n) is 5.01. The van der Waals surface area contributed by atoms with E-state index in [0.29, 0.717) is 6.04 Å². The van der Waals surface area contributed by atoms with Gasteiger partial charge in [0.05, 0.1) is 6.10 Å². The van der Waals surface area contributed by atoms with Gasteiger partial charge in [-0.2, -0.15) is 13.2 Å². The number of hydrogen-bond acceptors (Lipinski definition) is 2. The van der Waals surface area contributed by atoms with E-state index in [2.05, 4.69) is 5.32 Å². The van der Waals surface area contributed by atoms with Crippen molar-refractivity contribution in [3.8, 4) is 0 Å². The van der Waals surface area contributed by atoms with Crippen molar-refractivity contribution < 1.29 is 22.3 Å². The summed E-state index contributed by atoms with van der Waals surface area (Å²) in [6.45, 7) is 1.11. The number of nitrogens with one attached hydrogen (secondary N) is 1. The molecule has 0 aliphatic heterocycles. The van der Waals surface area contributed by atoms with Gasteiger partial charge in [0.25, 0.3) is 0 Å². The summed E-state index contributed by atoms with van der Waals surface area (Å²) in [5, 5.41) is 3.08. The Kier molecular flexibility index (Phi) is 4.65. The molecule has 0 radical (unpaired) electrons. The molecule has 1 saturated carbocycles. The quantitative estimate of drug-likeness (QED) is 0.809. The molecule has 0 heterocycles. The number of alkyl halides is 3. The number of ether oxygens (including phenoxy) is 1. The molecule has 1 N–H and O–H groups in total. The predicted molar refractivity (Wildman–Crippen MR) is 66.8 cm³/mol. The first-order chi connectivity index (χ1) is 9.38. The van der Waals surface area contributed by atoms with Crippen LogP contribution in [0.4, 0.5) is 17.6 Å². The smallest absolute Gasteiger partial charge is 0.360 e. The summed E-state index contributed by atoms with van der Waals surface area (Å²) in [6, 6.07) is 6.08. The lowest BCUT2D eigenvalue weighted by Crippen LogP contribution is -2.34. The number of benzene rings is 1. The highest BCUT2D eigenvalue weighted by Gasteiger charge is 2.39. The number of rotatable bonds is 6. The fourth-order valence-corrected chi connectivity index (χ4v) is 1.85. The second kappa shape index (κ2) is 6.10. The summed E-state index contributed by atoms with van der Waals surface area (Å²) in [7, 11) is 0. The molecule has 2 unspecified atom stereocenters. The van der Waals surface area contributed by atoms with Crippen LogP contribution in [0.3, 0.4) is 0 Å². The minimum Gasteiger partial charge on any atom is -0.360 e. The molecule has 2 nitrogen and oxygen atoms in total. The lowest BCUT2D eigenvalue weighted by Gasteiger charge is -2.25. The van der Waals surface area contributed by atoms with Gasteiger partial charge in [0.1, 0.15) is 5.82 Å². The molecule has 2 atom stereocenters. The van der Waals surface area contributed by atoms with E-state index in [4.69, 9.17) is 4.74 Å². The van der Waals surface area contributed by atoms with Gasteiger partial charge in [-0.1, -0.05) is 18.2 Å². The molecule has 0 spiro atoms. The van der Waals surface area contributed by atoms with E-state index in [9.17, 15) is 17.6 Å². The molecule has 1 fully saturated rings. The van der Waals surface area contributed by atoms with Gasteiger partial charge >= 0.3 is 6.18 Å². The highest BCUT2D eigenvalue weighted by atomic mass is 19.4. The van der Waals surface area contributed by atoms with Crippen LogP contribution in [0.2, 0.25) is 0 Å². The molecule has 0 amide bonds. The normalized spacial score (nSPS) is 18.9. The first-order valence-electron chi connectivity index (χ1n) is 6.58. The number of hydrogen-bond donors (Lipinski definition) is 1.